The summed E-state index contributed by atoms with van der Waals surface area (Å²) in [6.45, 7) is 1.49. The van der Waals surface area contributed by atoms with Crippen molar-refractivity contribution < 1.29 is 50.6 Å². The average Bonchev–Trinajstić information content (AvgIpc) is 2.94. The maximum Gasteiger partial charge on any atom is 3.00 e. The van der Waals surface area contributed by atoms with Gasteiger partial charge >= 0.3 is 17.4 Å². The Hall–Kier alpha value is -3.22. The van der Waals surface area contributed by atoms with Crippen molar-refractivity contribution in [1.82, 2.24) is 0 Å². The number of nitro groups is 1. The van der Waals surface area contributed by atoms with E-state index in [1.165, 1.54) is 6.92 Å². The number of nitrogens with zero attached hydrogens (tertiary/aromatic N) is 5. The Morgan fingerprint density at radius 3 is 2.35 bits per heavy atom. The van der Waals surface area contributed by atoms with Gasteiger partial charge in [-0.3, -0.25) is 14.9 Å². The Bertz CT molecular complexity index is 1170. The first kappa shape index (κ1) is 25.8. The molecule has 1 aliphatic heterocycles. The maximum absolute atomic E-state index is 12.5. The quantitative estimate of drug-likeness (QED) is 0.259. The molecule has 0 saturated carbocycles. The Morgan fingerprint density at radius 1 is 1.19 bits per heavy atom. The number of anilines is 1. The molecule has 31 heavy (non-hydrogen) atoms. The third-order valence-corrected chi connectivity index (χ3v) is 4.72. The molecule has 13 nitrogen and oxygen atoms in total. The summed E-state index contributed by atoms with van der Waals surface area (Å²) in [5.41, 5.74) is -0.888. The van der Waals surface area contributed by atoms with Crippen molar-refractivity contribution in [2.24, 2.45) is 15.3 Å². The van der Waals surface area contributed by atoms with Crippen LogP contribution in [-0.4, -0.2) is 41.0 Å². The van der Waals surface area contributed by atoms with Gasteiger partial charge in [0.15, 0.2) is 6.04 Å². The van der Waals surface area contributed by atoms with Crippen LogP contribution < -0.4 is 10.1 Å². The van der Waals surface area contributed by atoms with Crippen LogP contribution >= 0.6 is 0 Å². The van der Waals surface area contributed by atoms with Gasteiger partial charge in [-0.15, -0.1) is 0 Å². The minimum absolute atomic E-state index is 0. The molecular formula is C16H12CrN5O8S. The van der Waals surface area contributed by atoms with Crippen molar-refractivity contribution >= 4 is 38.8 Å². The van der Waals surface area contributed by atoms with E-state index in [1.54, 1.807) is 30.3 Å². The summed E-state index contributed by atoms with van der Waals surface area (Å²) in [6.07, 6.45) is 0. The minimum atomic E-state index is -5.28. The molecule has 1 atom stereocenters. The monoisotopic (exact) mass is 486 g/mol. The number of benzene rings is 2. The maximum atomic E-state index is 12.5. The van der Waals surface area contributed by atoms with Gasteiger partial charge in [0.1, 0.15) is 10.1 Å². The van der Waals surface area contributed by atoms with Crippen molar-refractivity contribution in [3.05, 3.63) is 52.6 Å². The van der Waals surface area contributed by atoms with E-state index in [4.69, 9.17) is 0 Å². The van der Waals surface area contributed by atoms with Crippen LogP contribution in [0.1, 0.15) is 6.92 Å². The zero-order valence-corrected chi connectivity index (χ0v) is 17.6. The first-order chi connectivity index (χ1) is 13.6. The molecular weight excluding hydrogens is 474 g/mol. The van der Waals surface area contributed by atoms with Crippen LogP contribution in [0.3, 0.4) is 0 Å². The van der Waals surface area contributed by atoms with Gasteiger partial charge in [-0.25, -0.2) is 8.42 Å². The van der Waals surface area contributed by atoms with Crippen molar-refractivity contribution in [3.8, 4) is 5.75 Å². The summed E-state index contributed by atoms with van der Waals surface area (Å²) in [4.78, 5) is 21.2. The fourth-order valence-corrected chi connectivity index (χ4v) is 3.10. The molecule has 1 N–H and O–H groups in total. The molecule has 1 amide bonds. The van der Waals surface area contributed by atoms with E-state index in [0.29, 0.717) is 17.8 Å². The molecule has 1 radical (unpaired) electrons. The SMILES string of the molecule is CC1=NN(c2ccccc2)C(=O)C1N=Nc1cc([N+](=O)[O-])cc(S(=O)(=O)[O-])c1[O-].[Cr+3].[OH-]. The first-order valence-electron chi connectivity index (χ1n) is 7.90. The van der Waals surface area contributed by atoms with Gasteiger partial charge in [-0.05, 0) is 19.1 Å². The predicted molar refractivity (Wildman–Crippen MR) is 97.8 cm³/mol. The predicted octanol–water partition coefficient (Wildman–Crippen LogP) is 1.27. The molecule has 0 spiro atoms. The normalized spacial score (nSPS) is 15.9. The van der Waals surface area contributed by atoms with Gasteiger partial charge in [-0.2, -0.15) is 20.3 Å². The summed E-state index contributed by atoms with van der Waals surface area (Å²) in [5.74, 6) is -1.94. The van der Waals surface area contributed by atoms with Crippen LogP contribution in [0.4, 0.5) is 17.1 Å². The van der Waals surface area contributed by atoms with Gasteiger partial charge in [-0.1, -0.05) is 23.9 Å². The van der Waals surface area contributed by atoms with Gasteiger partial charge in [0.2, 0.25) is 0 Å². The fraction of sp³-hybridized carbons (Fsp3) is 0.125. The van der Waals surface area contributed by atoms with Crippen LogP contribution in [0.2, 0.25) is 0 Å². The number of amides is 1. The van der Waals surface area contributed by atoms with E-state index in [0.717, 1.165) is 5.01 Å². The topological polar surface area (TPSA) is 211 Å². The average molecular weight is 486 g/mol. The minimum Gasteiger partial charge on any atom is -0.870 e. The number of carbonyl (C=O) groups excluding carboxylic acids is 1. The van der Waals surface area contributed by atoms with E-state index in [-0.39, 0.29) is 28.5 Å². The number of azo groups is 1. The molecule has 161 valence electrons. The smallest absolute Gasteiger partial charge is 0.870 e. The summed E-state index contributed by atoms with van der Waals surface area (Å²) < 4.78 is 33.6. The standard InChI is InChI=1S/C16H13N5O7S.Cr.H2O/c1-9-14(16(23)20(19-9)10-5-3-2-4-6-10)18-17-12-7-11(21(24)25)8-13(15(12)22)29(26,27)28;;/h2-8,14,22H,1H3,(H,26,27,28);;1H2/q;+3;/p-3. The Balaban J connectivity index is 0.00000240. The summed E-state index contributed by atoms with van der Waals surface area (Å²) in [5, 5.41) is 35.5. The number of non-ortho nitro benzene ring substituents is 1. The first-order valence-corrected chi connectivity index (χ1v) is 9.30. The molecule has 1 aliphatic rings. The summed E-state index contributed by atoms with van der Waals surface area (Å²) >= 11 is 0. The van der Waals surface area contributed by atoms with Gasteiger partial charge in [0, 0.05) is 12.1 Å². The third kappa shape index (κ3) is 5.29. The molecule has 1 heterocycles. The second kappa shape index (κ2) is 9.73. The van der Waals surface area contributed by atoms with E-state index in [2.05, 4.69) is 15.3 Å². The second-order valence-corrected chi connectivity index (χ2v) is 7.20. The number of rotatable bonds is 5. The fourth-order valence-electron chi connectivity index (χ4n) is 2.50. The molecule has 0 bridgehead atoms. The molecule has 2 aromatic carbocycles. The zero-order valence-electron chi connectivity index (χ0n) is 15.5. The molecule has 3 rings (SSSR count). The van der Waals surface area contributed by atoms with Crippen LogP contribution in [0.5, 0.6) is 5.75 Å². The van der Waals surface area contributed by atoms with Crippen molar-refractivity contribution in [2.45, 2.75) is 17.9 Å². The number of hydrogen-bond donors (Lipinski definition) is 0. The van der Waals surface area contributed by atoms with Gasteiger partial charge in [0.25, 0.3) is 11.6 Å². The molecule has 15 heteroatoms. The van der Waals surface area contributed by atoms with E-state index >= 15 is 0 Å². The molecule has 0 aromatic heterocycles. The number of hydrogen-bond acceptors (Lipinski definition) is 11. The molecule has 2 aromatic rings. The number of para-hydroxylation sites is 1. The van der Waals surface area contributed by atoms with Crippen LogP contribution in [0.15, 0.2) is 62.7 Å². The van der Waals surface area contributed by atoms with Crippen molar-refractivity contribution in [1.29, 1.82) is 0 Å². The van der Waals surface area contributed by atoms with Crippen LogP contribution in [0.25, 0.3) is 0 Å². The number of nitro benzene ring substituents is 1. The Kier molecular flexibility index (Phi) is 8.10. The molecule has 0 aliphatic carbocycles. The number of hydrazone groups is 1. The van der Waals surface area contributed by atoms with Crippen molar-refractivity contribution in [2.75, 3.05) is 5.01 Å². The second-order valence-electron chi connectivity index (χ2n) is 5.85. The zero-order chi connectivity index (χ0) is 21.3. The molecule has 0 saturated heterocycles. The van der Waals surface area contributed by atoms with Crippen molar-refractivity contribution in [3.63, 3.8) is 0 Å². The van der Waals surface area contributed by atoms with E-state index in [9.17, 15) is 33.0 Å². The third-order valence-electron chi connectivity index (χ3n) is 3.88. The summed E-state index contributed by atoms with van der Waals surface area (Å²) in [6, 6.07) is 8.21. The Labute approximate surface area is 186 Å². The summed E-state index contributed by atoms with van der Waals surface area (Å²) in [7, 11) is -5.28. The van der Waals surface area contributed by atoms with E-state index in [1.807, 2.05) is 0 Å². The van der Waals surface area contributed by atoms with Gasteiger partial charge < -0.3 is 15.1 Å². The van der Waals surface area contributed by atoms with E-state index < -0.39 is 49.0 Å². The number of carbonyl (C=O) groups is 1. The van der Waals surface area contributed by atoms with Crippen LogP contribution in [0, 0.1) is 10.1 Å². The van der Waals surface area contributed by atoms with Crippen LogP contribution in [-0.2, 0) is 32.3 Å². The van der Waals surface area contributed by atoms with Gasteiger partial charge in [0.05, 0.1) is 26.9 Å². The molecule has 0 fully saturated rings. The molecule has 1 unspecified atom stereocenters. The Morgan fingerprint density at radius 2 is 1.81 bits per heavy atom. The largest absolute Gasteiger partial charge is 3.00 e.